The van der Waals surface area contributed by atoms with Crippen LogP contribution in [-0.4, -0.2) is 34.6 Å². The number of hydrogen-bond acceptors (Lipinski definition) is 3. The van der Waals surface area contributed by atoms with Gasteiger partial charge in [0.1, 0.15) is 5.54 Å². The second-order valence-electron chi connectivity index (χ2n) is 5.23. The summed E-state index contributed by atoms with van der Waals surface area (Å²) in [5, 5.41) is 15.0. The van der Waals surface area contributed by atoms with E-state index in [1.807, 2.05) is 20.8 Å². The van der Waals surface area contributed by atoms with E-state index in [1.165, 1.54) is 0 Å². The third-order valence-corrected chi connectivity index (χ3v) is 3.57. The highest BCUT2D eigenvalue weighted by molar-refractivity contribution is 5.82. The fraction of sp³-hybridized carbons (Fsp3) is 0.846. The molecule has 0 saturated heterocycles. The molecule has 5 nitrogen and oxygen atoms in total. The monoisotopic (exact) mass is 258 g/mol. The van der Waals surface area contributed by atoms with E-state index in [2.05, 4.69) is 10.6 Å². The second-order valence-corrected chi connectivity index (χ2v) is 5.23. The van der Waals surface area contributed by atoms with Crippen molar-refractivity contribution in [3.63, 3.8) is 0 Å². The normalized spacial score (nSPS) is 12.3. The summed E-state index contributed by atoms with van der Waals surface area (Å²) in [7, 11) is 0. The van der Waals surface area contributed by atoms with Crippen molar-refractivity contribution >= 4 is 11.9 Å². The number of carboxylic acid groups (broad SMARTS) is 1. The summed E-state index contributed by atoms with van der Waals surface area (Å²) in [5.74, 6) is -1.08. The Balaban J connectivity index is 4.46. The SMILES string of the molecule is CCC(C)(C)NC(=O)CNC(CC)(CC)C(=O)O. The molecule has 18 heavy (non-hydrogen) atoms. The Hall–Kier alpha value is -1.10. The van der Waals surface area contributed by atoms with Gasteiger partial charge < -0.3 is 10.4 Å². The van der Waals surface area contributed by atoms with Crippen molar-refractivity contribution in [3.05, 3.63) is 0 Å². The van der Waals surface area contributed by atoms with Crippen LogP contribution in [0.25, 0.3) is 0 Å². The first-order valence-electron chi connectivity index (χ1n) is 6.52. The van der Waals surface area contributed by atoms with Crippen LogP contribution in [0.5, 0.6) is 0 Å². The zero-order valence-electron chi connectivity index (χ0n) is 12.1. The predicted molar refractivity (Wildman–Crippen MR) is 71.5 cm³/mol. The number of hydrogen-bond donors (Lipinski definition) is 3. The van der Waals surface area contributed by atoms with Crippen molar-refractivity contribution < 1.29 is 14.7 Å². The molecule has 0 unspecified atom stereocenters. The van der Waals surface area contributed by atoms with Crippen LogP contribution < -0.4 is 10.6 Å². The highest BCUT2D eigenvalue weighted by Gasteiger charge is 2.34. The summed E-state index contributed by atoms with van der Waals surface area (Å²) in [6.07, 6.45) is 1.72. The van der Waals surface area contributed by atoms with Gasteiger partial charge in [-0.05, 0) is 33.1 Å². The van der Waals surface area contributed by atoms with E-state index in [9.17, 15) is 14.7 Å². The van der Waals surface area contributed by atoms with Crippen molar-refractivity contribution in [2.24, 2.45) is 0 Å². The van der Waals surface area contributed by atoms with Crippen molar-refractivity contribution in [3.8, 4) is 0 Å². The van der Waals surface area contributed by atoms with E-state index in [0.29, 0.717) is 12.8 Å². The van der Waals surface area contributed by atoms with E-state index in [4.69, 9.17) is 0 Å². The lowest BCUT2D eigenvalue weighted by Crippen LogP contribution is -2.55. The minimum atomic E-state index is -1.01. The Morgan fingerprint density at radius 3 is 1.89 bits per heavy atom. The fourth-order valence-corrected chi connectivity index (χ4v) is 1.64. The molecule has 0 radical (unpaired) electrons. The van der Waals surface area contributed by atoms with Crippen LogP contribution in [0, 0.1) is 0 Å². The second kappa shape index (κ2) is 6.73. The Labute approximate surface area is 109 Å². The number of rotatable bonds is 8. The first-order chi connectivity index (χ1) is 8.23. The predicted octanol–water partition coefficient (Wildman–Crippen LogP) is 1.52. The van der Waals surface area contributed by atoms with Crippen LogP contribution >= 0.6 is 0 Å². The maximum atomic E-state index is 11.8. The molecule has 0 atom stereocenters. The number of amides is 1. The fourth-order valence-electron chi connectivity index (χ4n) is 1.64. The van der Waals surface area contributed by atoms with Gasteiger partial charge in [-0.25, -0.2) is 0 Å². The van der Waals surface area contributed by atoms with Crippen LogP contribution in [0.4, 0.5) is 0 Å². The minimum absolute atomic E-state index is 0.0252. The van der Waals surface area contributed by atoms with Crippen LogP contribution in [0.2, 0.25) is 0 Å². The molecule has 0 aliphatic carbocycles. The highest BCUT2D eigenvalue weighted by atomic mass is 16.4. The molecule has 1 amide bonds. The van der Waals surface area contributed by atoms with Gasteiger partial charge in [-0.3, -0.25) is 14.9 Å². The molecule has 0 aromatic carbocycles. The van der Waals surface area contributed by atoms with Crippen molar-refractivity contribution in [2.75, 3.05) is 6.54 Å². The zero-order valence-corrected chi connectivity index (χ0v) is 12.1. The average Bonchev–Trinajstić information content (AvgIpc) is 2.30. The lowest BCUT2D eigenvalue weighted by atomic mass is 9.93. The number of carbonyl (C=O) groups excluding carboxylic acids is 1. The lowest BCUT2D eigenvalue weighted by Gasteiger charge is -2.29. The van der Waals surface area contributed by atoms with Gasteiger partial charge in [0.15, 0.2) is 0 Å². The molecule has 0 bridgehead atoms. The number of nitrogens with one attached hydrogen (secondary N) is 2. The van der Waals surface area contributed by atoms with E-state index < -0.39 is 11.5 Å². The summed E-state index contributed by atoms with van der Waals surface area (Å²) in [5.41, 5.74) is -1.27. The summed E-state index contributed by atoms with van der Waals surface area (Å²) >= 11 is 0. The van der Waals surface area contributed by atoms with Crippen LogP contribution in [-0.2, 0) is 9.59 Å². The molecule has 0 rings (SSSR count). The number of carbonyl (C=O) groups is 2. The quantitative estimate of drug-likeness (QED) is 0.617. The molecular formula is C13H26N2O3. The van der Waals surface area contributed by atoms with Crippen LogP contribution in [0.3, 0.4) is 0 Å². The zero-order chi connectivity index (χ0) is 14.4. The Morgan fingerprint density at radius 2 is 1.56 bits per heavy atom. The van der Waals surface area contributed by atoms with Gasteiger partial charge in [-0.15, -0.1) is 0 Å². The van der Waals surface area contributed by atoms with Crippen LogP contribution in [0.15, 0.2) is 0 Å². The van der Waals surface area contributed by atoms with Gasteiger partial charge in [-0.2, -0.15) is 0 Å². The number of aliphatic carboxylic acids is 1. The largest absolute Gasteiger partial charge is 0.480 e. The Morgan fingerprint density at radius 1 is 1.06 bits per heavy atom. The van der Waals surface area contributed by atoms with Crippen molar-refractivity contribution in [1.82, 2.24) is 10.6 Å². The van der Waals surface area contributed by atoms with E-state index in [0.717, 1.165) is 6.42 Å². The molecule has 0 aliphatic heterocycles. The molecule has 0 aromatic heterocycles. The number of carboxylic acids is 1. The molecule has 106 valence electrons. The molecule has 5 heteroatoms. The summed E-state index contributed by atoms with van der Waals surface area (Å²) in [6, 6.07) is 0. The molecule has 0 aliphatic rings. The first kappa shape index (κ1) is 16.9. The third kappa shape index (κ3) is 4.64. The standard InChI is InChI=1S/C13H26N2O3/c1-6-12(4,5)15-10(16)9-14-13(7-2,8-3)11(17)18/h14H,6-9H2,1-5H3,(H,15,16)(H,17,18). The molecule has 0 fully saturated rings. The summed E-state index contributed by atoms with van der Waals surface area (Å²) < 4.78 is 0. The maximum Gasteiger partial charge on any atom is 0.323 e. The van der Waals surface area contributed by atoms with Gasteiger partial charge >= 0.3 is 5.97 Å². The molecule has 3 N–H and O–H groups in total. The summed E-state index contributed by atoms with van der Waals surface area (Å²) in [4.78, 5) is 23.0. The lowest BCUT2D eigenvalue weighted by molar-refractivity contribution is -0.145. The Bertz CT molecular complexity index is 297. The van der Waals surface area contributed by atoms with Gasteiger partial charge in [0.05, 0.1) is 6.54 Å². The first-order valence-corrected chi connectivity index (χ1v) is 6.52. The van der Waals surface area contributed by atoms with E-state index in [1.54, 1.807) is 13.8 Å². The van der Waals surface area contributed by atoms with Crippen molar-refractivity contribution in [2.45, 2.75) is 65.0 Å². The smallest absolute Gasteiger partial charge is 0.323 e. The van der Waals surface area contributed by atoms with E-state index >= 15 is 0 Å². The molecule has 0 saturated carbocycles. The van der Waals surface area contributed by atoms with Crippen molar-refractivity contribution in [1.29, 1.82) is 0 Å². The van der Waals surface area contributed by atoms with Gasteiger partial charge in [0.2, 0.25) is 5.91 Å². The topological polar surface area (TPSA) is 78.4 Å². The Kier molecular flexibility index (Phi) is 6.32. The third-order valence-electron chi connectivity index (χ3n) is 3.57. The summed E-state index contributed by atoms with van der Waals surface area (Å²) in [6.45, 7) is 9.51. The van der Waals surface area contributed by atoms with Crippen LogP contribution in [0.1, 0.15) is 53.9 Å². The molecule has 0 aromatic rings. The van der Waals surface area contributed by atoms with E-state index in [-0.39, 0.29) is 18.0 Å². The average molecular weight is 258 g/mol. The maximum absolute atomic E-state index is 11.8. The van der Waals surface area contributed by atoms with Gasteiger partial charge in [0.25, 0.3) is 0 Å². The minimum Gasteiger partial charge on any atom is -0.480 e. The molecular weight excluding hydrogens is 232 g/mol. The van der Waals surface area contributed by atoms with Gasteiger partial charge in [-0.1, -0.05) is 20.8 Å². The molecule has 0 spiro atoms. The highest BCUT2D eigenvalue weighted by Crippen LogP contribution is 2.15. The van der Waals surface area contributed by atoms with Gasteiger partial charge in [0, 0.05) is 5.54 Å². The molecule has 0 heterocycles.